The van der Waals surface area contributed by atoms with Gasteiger partial charge < -0.3 is 0 Å². The summed E-state index contributed by atoms with van der Waals surface area (Å²) >= 11 is -2.77. The first kappa shape index (κ1) is 28.3. The number of esters is 1. The average molecular weight is 593 g/mol. The summed E-state index contributed by atoms with van der Waals surface area (Å²) in [6.45, 7) is 6.89. The number of hydrogen-bond acceptors (Lipinski definition) is 3. The maximum atomic E-state index is 13.9. The molecular formula is C32H42O3Sn. The van der Waals surface area contributed by atoms with Crippen molar-refractivity contribution in [2.75, 3.05) is 0 Å². The summed E-state index contributed by atoms with van der Waals surface area (Å²) < 4.78 is 17.9. The van der Waals surface area contributed by atoms with E-state index in [4.69, 9.17) is 9.15 Å². The summed E-state index contributed by atoms with van der Waals surface area (Å²) in [6.07, 6.45) is 9.00. The average Bonchev–Trinajstić information content (AvgIpc) is 3.43. The van der Waals surface area contributed by atoms with Crippen LogP contribution in [0, 0.1) is 0 Å². The second kappa shape index (κ2) is 15.1. The number of rotatable bonds is 15. The van der Waals surface area contributed by atoms with Crippen molar-refractivity contribution >= 4 is 29.9 Å². The normalized spacial score (nSPS) is 12.9. The van der Waals surface area contributed by atoms with Crippen LogP contribution in [0.25, 0.3) is 5.57 Å². The van der Waals surface area contributed by atoms with Crippen LogP contribution in [0.15, 0.2) is 87.6 Å². The first-order chi connectivity index (χ1) is 17.6. The van der Waals surface area contributed by atoms with Crippen LogP contribution in [0.2, 0.25) is 13.3 Å². The van der Waals surface area contributed by atoms with E-state index < -0.39 is 24.3 Å². The van der Waals surface area contributed by atoms with Crippen LogP contribution in [-0.4, -0.2) is 24.3 Å². The Bertz CT molecular complexity index is 1020. The third kappa shape index (κ3) is 8.12. The number of ether oxygens (including phenoxy) is 1. The van der Waals surface area contributed by atoms with Crippen molar-refractivity contribution in [3.8, 4) is 5.95 Å². The predicted octanol–water partition coefficient (Wildman–Crippen LogP) is 9.44. The van der Waals surface area contributed by atoms with Gasteiger partial charge in [-0.1, -0.05) is 0 Å². The molecule has 0 spiro atoms. The van der Waals surface area contributed by atoms with Crippen LogP contribution in [0.1, 0.15) is 76.3 Å². The molecule has 4 heteroatoms. The summed E-state index contributed by atoms with van der Waals surface area (Å²) in [4.78, 5) is 13.9. The molecule has 0 aliphatic carbocycles. The molecule has 0 aliphatic heterocycles. The van der Waals surface area contributed by atoms with Crippen molar-refractivity contribution < 1.29 is 13.9 Å². The third-order valence-corrected chi connectivity index (χ3v) is 21.2. The van der Waals surface area contributed by atoms with Gasteiger partial charge >= 0.3 is 223 Å². The van der Waals surface area contributed by atoms with E-state index in [-0.39, 0.29) is 11.9 Å². The Kier molecular flexibility index (Phi) is 11.9. The molecule has 36 heavy (non-hydrogen) atoms. The molecule has 0 radical (unpaired) electrons. The van der Waals surface area contributed by atoms with Crippen molar-refractivity contribution in [3.63, 3.8) is 0 Å². The van der Waals surface area contributed by atoms with E-state index in [0.717, 1.165) is 16.7 Å². The Labute approximate surface area is 221 Å². The van der Waals surface area contributed by atoms with Gasteiger partial charge in [-0.15, -0.1) is 0 Å². The van der Waals surface area contributed by atoms with Gasteiger partial charge in [-0.25, -0.2) is 0 Å². The van der Waals surface area contributed by atoms with Gasteiger partial charge in [0.1, 0.15) is 0 Å². The van der Waals surface area contributed by atoms with Gasteiger partial charge in [-0.2, -0.15) is 0 Å². The van der Waals surface area contributed by atoms with E-state index in [9.17, 15) is 4.79 Å². The van der Waals surface area contributed by atoms with Crippen LogP contribution in [0.3, 0.4) is 0 Å². The van der Waals surface area contributed by atoms with Gasteiger partial charge in [0, 0.05) is 0 Å². The molecule has 2 aromatic carbocycles. The molecule has 3 aromatic rings. The Balaban J connectivity index is 2.19. The second-order valence-corrected chi connectivity index (χ2v) is 22.7. The molecule has 192 valence electrons. The fourth-order valence-electron chi connectivity index (χ4n) is 5.04. The number of hydrogen-bond donors (Lipinski definition) is 0. The van der Waals surface area contributed by atoms with E-state index in [1.54, 1.807) is 12.1 Å². The zero-order valence-corrected chi connectivity index (χ0v) is 25.1. The molecule has 0 N–H and O–H groups in total. The SMILES string of the molecule is CCC[CH2][Sn](/[CH]=C(\c1ccccc1)C(C(=O)Oc1ccco1)c1ccccc1)([CH2]CCC)[CH2]CCC. The Morgan fingerprint density at radius 1 is 0.806 bits per heavy atom. The van der Waals surface area contributed by atoms with Crippen molar-refractivity contribution in [1.82, 2.24) is 0 Å². The first-order valence-corrected chi connectivity index (χ1v) is 21.4. The minimum absolute atomic E-state index is 0.242. The fraction of sp³-hybridized carbons (Fsp3) is 0.406. The Morgan fingerprint density at radius 3 is 1.86 bits per heavy atom. The number of carbonyl (C=O) groups is 1. The van der Waals surface area contributed by atoms with Gasteiger partial charge in [0.05, 0.1) is 0 Å². The summed E-state index contributed by atoms with van der Waals surface area (Å²) in [5.41, 5.74) is 3.21. The molecule has 1 atom stereocenters. The van der Waals surface area contributed by atoms with Gasteiger partial charge in [-0.3, -0.25) is 0 Å². The number of unbranched alkanes of at least 4 members (excludes halogenated alkanes) is 3. The summed E-state index contributed by atoms with van der Waals surface area (Å²) in [6, 6.07) is 24.0. The number of furan rings is 1. The molecule has 3 nitrogen and oxygen atoms in total. The minimum atomic E-state index is -2.77. The van der Waals surface area contributed by atoms with E-state index in [1.165, 1.54) is 58.1 Å². The van der Waals surface area contributed by atoms with Crippen molar-refractivity contribution in [3.05, 3.63) is 94.3 Å². The monoisotopic (exact) mass is 594 g/mol. The van der Waals surface area contributed by atoms with Crippen molar-refractivity contribution in [2.24, 2.45) is 0 Å². The van der Waals surface area contributed by atoms with Crippen LogP contribution >= 0.6 is 0 Å². The molecule has 1 unspecified atom stereocenters. The molecule has 0 bridgehead atoms. The molecule has 1 heterocycles. The van der Waals surface area contributed by atoms with Crippen LogP contribution in [0.4, 0.5) is 0 Å². The van der Waals surface area contributed by atoms with Crippen LogP contribution < -0.4 is 4.74 Å². The zero-order chi connectivity index (χ0) is 25.6. The van der Waals surface area contributed by atoms with E-state index in [2.05, 4.69) is 49.1 Å². The van der Waals surface area contributed by atoms with Gasteiger partial charge in [-0.05, 0) is 0 Å². The molecule has 1 aromatic heterocycles. The molecule has 0 amide bonds. The standard InChI is InChI=1S/C20H15O3.3C4H9.Sn/c1-15(16-9-4-2-5-10-16)19(17-11-6-3-7-12-17)20(21)23-18-13-8-14-22-18;3*1-3-4-2;/h1-14,19H;3*1,3-4H2,2H3;. The second-order valence-electron chi connectivity index (χ2n) is 9.84. The van der Waals surface area contributed by atoms with Crippen LogP contribution in [-0.2, 0) is 4.79 Å². The maximum absolute atomic E-state index is 13.9. The molecule has 3 rings (SSSR count). The number of benzene rings is 2. The van der Waals surface area contributed by atoms with Gasteiger partial charge in [0.25, 0.3) is 0 Å². The van der Waals surface area contributed by atoms with E-state index >= 15 is 0 Å². The Hall–Kier alpha value is -2.27. The summed E-state index contributed by atoms with van der Waals surface area (Å²) in [5.74, 6) is -0.543. The Morgan fingerprint density at radius 2 is 1.36 bits per heavy atom. The number of carbonyl (C=O) groups excluding carboxylic acids is 1. The molecule has 0 saturated heterocycles. The van der Waals surface area contributed by atoms with E-state index in [0.29, 0.717) is 0 Å². The third-order valence-electron chi connectivity index (χ3n) is 7.03. The molecule has 0 fully saturated rings. The molecular weight excluding hydrogens is 551 g/mol. The topological polar surface area (TPSA) is 39.4 Å². The predicted molar refractivity (Wildman–Crippen MR) is 153 cm³/mol. The fourth-order valence-corrected chi connectivity index (χ4v) is 20.3. The molecule has 0 aliphatic rings. The van der Waals surface area contributed by atoms with E-state index in [1.807, 2.05) is 36.4 Å². The quantitative estimate of drug-likeness (QED) is 0.130. The van der Waals surface area contributed by atoms with Crippen molar-refractivity contribution in [1.29, 1.82) is 0 Å². The first-order valence-electron chi connectivity index (χ1n) is 13.7. The summed E-state index contributed by atoms with van der Waals surface area (Å²) in [5, 5.41) is 0. The zero-order valence-electron chi connectivity index (χ0n) is 22.2. The van der Waals surface area contributed by atoms with Gasteiger partial charge in [0.2, 0.25) is 0 Å². The van der Waals surface area contributed by atoms with Gasteiger partial charge in [0.15, 0.2) is 0 Å². The molecule has 0 saturated carbocycles. The van der Waals surface area contributed by atoms with Crippen molar-refractivity contribution in [2.45, 2.75) is 78.5 Å². The van der Waals surface area contributed by atoms with Crippen LogP contribution in [0.5, 0.6) is 5.95 Å². The summed E-state index contributed by atoms with van der Waals surface area (Å²) in [7, 11) is 0.